The first-order valence-electron chi connectivity index (χ1n) is 10.3. The minimum atomic E-state index is -4.87. The number of rotatable bonds is 5. The van der Waals surface area contributed by atoms with E-state index in [0.717, 1.165) is 21.6 Å². The van der Waals surface area contributed by atoms with E-state index >= 15 is 0 Å². The summed E-state index contributed by atoms with van der Waals surface area (Å²) in [5.74, 6) is -4.10. The maximum absolute atomic E-state index is 14.2. The van der Waals surface area contributed by atoms with Crippen molar-refractivity contribution in [2.45, 2.75) is 32.0 Å². The lowest BCUT2D eigenvalue weighted by molar-refractivity contribution is -0.144. The predicted molar refractivity (Wildman–Crippen MR) is 111 cm³/mol. The first-order chi connectivity index (χ1) is 15.9. The van der Waals surface area contributed by atoms with Crippen LogP contribution in [0.4, 0.5) is 30.7 Å². The zero-order valence-electron chi connectivity index (χ0n) is 17.8. The van der Waals surface area contributed by atoms with Crippen molar-refractivity contribution in [1.82, 2.24) is 9.47 Å². The van der Waals surface area contributed by atoms with Gasteiger partial charge >= 0.3 is 6.18 Å². The molecule has 2 heterocycles. The fraction of sp³-hybridized carbons (Fsp3) is 0.292. The van der Waals surface area contributed by atoms with Gasteiger partial charge in [0.25, 0.3) is 18.3 Å². The third kappa shape index (κ3) is 4.41. The molecule has 0 unspecified atom stereocenters. The molecule has 4 rings (SSSR count). The highest BCUT2D eigenvalue weighted by atomic mass is 19.4. The Morgan fingerprint density at radius 2 is 1.59 bits per heavy atom. The van der Waals surface area contributed by atoms with Gasteiger partial charge in [0, 0.05) is 17.7 Å². The Labute approximate surface area is 190 Å². The third-order valence-corrected chi connectivity index (χ3v) is 5.74. The van der Waals surface area contributed by atoms with E-state index in [-0.39, 0.29) is 28.8 Å². The molecule has 1 amide bonds. The van der Waals surface area contributed by atoms with Crippen molar-refractivity contribution in [2.75, 3.05) is 13.1 Å². The van der Waals surface area contributed by atoms with E-state index in [4.69, 9.17) is 0 Å². The Hall–Kier alpha value is -3.30. The third-order valence-electron chi connectivity index (χ3n) is 5.74. The molecule has 0 N–H and O–H groups in total. The second-order valence-corrected chi connectivity index (χ2v) is 8.21. The molecule has 34 heavy (non-hydrogen) atoms. The fourth-order valence-corrected chi connectivity index (χ4v) is 4.21. The average molecular weight is 484 g/mol. The summed E-state index contributed by atoms with van der Waals surface area (Å²) in [5.41, 5.74) is -1.68. The number of alkyl halides is 7. The van der Waals surface area contributed by atoms with Crippen LogP contribution in [0.25, 0.3) is 11.1 Å². The van der Waals surface area contributed by atoms with Crippen LogP contribution in [0.2, 0.25) is 0 Å². The number of amides is 1. The largest absolute Gasteiger partial charge is 0.431 e. The number of nitrogens with zero attached hydrogens (tertiary/aromatic N) is 2. The molecule has 0 bridgehead atoms. The number of hydrogen-bond donors (Lipinski definition) is 0. The topological polar surface area (TPSA) is 25.2 Å². The van der Waals surface area contributed by atoms with E-state index in [1.807, 2.05) is 0 Å². The summed E-state index contributed by atoms with van der Waals surface area (Å²) in [5, 5.41) is 0. The summed E-state index contributed by atoms with van der Waals surface area (Å²) in [6, 6.07) is 12.6. The van der Waals surface area contributed by atoms with Crippen LogP contribution in [0, 0.1) is 6.92 Å². The molecular formula is C24H19F7N2O. The number of halogens is 7. The number of carbonyl (C=O) groups is 1. The highest BCUT2D eigenvalue weighted by Crippen LogP contribution is 2.43. The summed E-state index contributed by atoms with van der Waals surface area (Å²) in [7, 11) is 0. The number of carbonyl (C=O) groups excluding carboxylic acids is 1. The maximum Gasteiger partial charge on any atom is 0.431 e. The minimum Gasteiger partial charge on any atom is -0.328 e. The number of hydrogen-bond acceptors (Lipinski definition) is 1. The molecule has 1 aromatic heterocycles. The van der Waals surface area contributed by atoms with Crippen LogP contribution in [-0.2, 0) is 12.7 Å². The second-order valence-electron chi connectivity index (χ2n) is 8.21. The Kier molecular flexibility index (Phi) is 5.95. The molecule has 1 fully saturated rings. The number of aromatic nitrogens is 1. The molecule has 3 aromatic rings. The Bertz CT molecular complexity index is 1190. The van der Waals surface area contributed by atoms with Crippen molar-refractivity contribution >= 4 is 5.91 Å². The Morgan fingerprint density at radius 1 is 1.00 bits per heavy atom. The lowest BCUT2D eigenvalue weighted by Crippen LogP contribution is -2.58. The molecule has 1 aliphatic rings. The molecule has 0 saturated carbocycles. The van der Waals surface area contributed by atoms with Crippen molar-refractivity contribution < 1.29 is 35.5 Å². The minimum absolute atomic E-state index is 0.106. The molecule has 2 aromatic carbocycles. The molecular weight excluding hydrogens is 465 g/mol. The van der Waals surface area contributed by atoms with Gasteiger partial charge in [-0.15, -0.1) is 0 Å². The van der Waals surface area contributed by atoms with Gasteiger partial charge in [0.15, 0.2) is 0 Å². The molecule has 3 nitrogen and oxygen atoms in total. The summed E-state index contributed by atoms with van der Waals surface area (Å²) in [4.78, 5) is 14.1. The molecule has 0 aliphatic carbocycles. The normalized spacial score (nSPS) is 15.5. The molecule has 0 atom stereocenters. The van der Waals surface area contributed by atoms with Crippen molar-refractivity contribution in [1.29, 1.82) is 0 Å². The second kappa shape index (κ2) is 8.48. The molecule has 0 spiro atoms. The van der Waals surface area contributed by atoms with E-state index in [1.165, 1.54) is 19.1 Å². The monoisotopic (exact) mass is 484 g/mol. The van der Waals surface area contributed by atoms with Crippen LogP contribution >= 0.6 is 0 Å². The molecule has 1 saturated heterocycles. The van der Waals surface area contributed by atoms with Gasteiger partial charge in [-0.1, -0.05) is 54.6 Å². The zero-order chi connectivity index (χ0) is 24.8. The first-order valence-corrected chi connectivity index (χ1v) is 10.3. The molecule has 10 heteroatoms. The summed E-state index contributed by atoms with van der Waals surface area (Å²) in [6.45, 7) is -0.974. The smallest absolute Gasteiger partial charge is 0.328 e. The van der Waals surface area contributed by atoms with Crippen LogP contribution < -0.4 is 0 Å². The Balaban J connectivity index is 1.94. The van der Waals surface area contributed by atoms with Crippen molar-refractivity contribution in [3.63, 3.8) is 0 Å². The van der Waals surface area contributed by atoms with Gasteiger partial charge in [-0.2, -0.15) is 13.2 Å². The van der Waals surface area contributed by atoms with Gasteiger partial charge in [0.2, 0.25) is 0 Å². The molecule has 1 aliphatic heterocycles. The lowest BCUT2D eigenvalue weighted by atomic mass is 9.98. The van der Waals surface area contributed by atoms with Gasteiger partial charge in [-0.05, 0) is 23.6 Å². The standard InChI is InChI=1S/C24H19F7N2O/c1-14-18(16-7-9-17(10-8-16)21(25)26)19(22(34)32-12-23(27,28)13-32)33(20(14)24(29,30)31)11-15-5-3-2-4-6-15/h2-10,21H,11-13H2,1H3. The lowest BCUT2D eigenvalue weighted by Gasteiger charge is -2.39. The van der Waals surface area contributed by atoms with Gasteiger partial charge in [0.1, 0.15) is 11.4 Å². The number of likely N-dealkylation sites (tertiary alicyclic amines) is 1. The van der Waals surface area contributed by atoms with Crippen molar-refractivity contribution in [3.05, 3.63) is 82.7 Å². The zero-order valence-corrected chi connectivity index (χ0v) is 17.8. The van der Waals surface area contributed by atoms with E-state index in [1.54, 1.807) is 30.3 Å². The van der Waals surface area contributed by atoms with Crippen LogP contribution in [0.1, 0.15) is 39.3 Å². The van der Waals surface area contributed by atoms with Crippen LogP contribution in [-0.4, -0.2) is 34.4 Å². The van der Waals surface area contributed by atoms with Crippen molar-refractivity contribution in [2.24, 2.45) is 0 Å². The van der Waals surface area contributed by atoms with Gasteiger partial charge in [0.05, 0.1) is 13.1 Å². The first kappa shape index (κ1) is 23.8. The van der Waals surface area contributed by atoms with E-state index < -0.39 is 48.9 Å². The highest BCUT2D eigenvalue weighted by Gasteiger charge is 2.49. The average Bonchev–Trinajstić information content (AvgIpc) is 3.04. The van der Waals surface area contributed by atoms with Gasteiger partial charge in [-0.3, -0.25) is 4.79 Å². The quantitative estimate of drug-likeness (QED) is 0.377. The summed E-state index contributed by atoms with van der Waals surface area (Å²) >= 11 is 0. The van der Waals surface area contributed by atoms with E-state index in [2.05, 4.69) is 0 Å². The van der Waals surface area contributed by atoms with E-state index in [9.17, 15) is 35.5 Å². The maximum atomic E-state index is 14.2. The summed E-state index contributed by atoms with van der Waals surface area (Å²) < 4.78 is 96.4. The SMILES string of the molecule is Cc1c(-c2ccc(C(F)F)cc2)c(C(=O)N2CC(F)(F)C2)n(Cc2ccccc2)c1C(F)(F)F. The molecule has 0 radical (unpaired) electrons. The molecule has 180 valence electrons. The highest BCUT2D eigenvalue weighted by molar-refractivity contribution is 6.01. The van der Waals surface area contributed by atoms with Crippen LogP contribution in [0.3, 0.4) is 0 Å². The van der Waals surface area contributed by atoms with Gasteiger partial charge in [-0.25, -0.2) is 17.6 Å². The number of benzene rings is 2. The predicted octanol–water partition coefficient (Wildman–Crippen LogP) is 6.56. The summed E-state index contributed by atoms with van der Waals surface area (Å²) in [6.07, 6.45) is -7.65. The van der Waals surface area contributed by atoms with E-state index in [0.29, 0.717) is 5.56 Å². The van der Waals surface area contributed by atoms with Crippen molar-refractivity contribution in [3.8, 4) is 11.1 Å². The van der Waals surface area contributed by atoms with Crippen LogP contribution in [0.5, 0.6) is 0 Å². The van der Waals surface area contributed by atoms with Gasteiger partial charge < -0.3 is 9.47 Å². The van der Waals surface area contributed by atoms with Crippen LogP contribution in [0.15, 0.2) is 54.6 Å². The Morgan fingerprint density at radius 3 is 2.09 bits per heavy atom. The fourth-order valence-electron chi connectivity index (χ4n) is 4.21.